The lowest BCUT2D eigenvalue weighted by molar-refractivity contribution is 0.311. The predicted octanol–water partition coefficient (Wildman–Crippen LogP) is 2.99. The highest BCUT2D eigenvalue weighted by molar-refractivity contribution is 5.78. The van der Waals surface area contributed by atoms with Crippen molar-refractivity contribution in [1.29, 1.82) is 0 Å². The Hall–Kier alpha value is -1.80. The highest BCUT2D eigenvalue weighted by atomic mass is 16.5. The molecule has 0 saturated heterocycles. The van der Waals surface area contributed by atoms with Crippen molar-refractivity contribution in [2.24, 2.45) is 5.73 Å². The van der Waals surface area contributed by atoms with E-state index in [1.54, 1.807) is 0 Å². The number of benzene rings is 2. The van der Waals surface area contributed by atoms with Crippen LogP contribution >= 0.6 is 0 Å². The molecule has 18 heavy (non-hydrogen) atoms. The van der Waals surface area contributed by atoms with Crippen LogP contribution in [0.3, 0.4) is 0 Å². The quantitative estimate of drug-likeness (QED) is 0.710. The Morgan fingerprint density at radius 1 is 1.00 bits per heavy atom. The first-order chi connectivity index (χ1) is 8.90. The minimum atomic E-state index is 0.676. The Morgan fingerprint density at radius 3 is 2.72 bits per heavy atom. The van der Waals surface area contributed by atoms with Gasteiger partial charge in [-0.25, -0.2) is 0 Å². The first kappa shape index (κ1) is 11.3. The molecule has 2 aromatic carbocycles. The van der Waals surface area contributed by atoms with Crippen molar-refractivity contribution in [3.8, 4) is 16.9 Å². The van der Waals surface area contributed by atoms with Crippen LogP contribution in [0.2, 0.25) is 0 Å². The van der Waals surface area contributed by atoms with Gasteiger partial charge in [0.2, 0.25) is 0 Å². The van der Waals surface area contributed by atoms with Gasteiger partial charge in [0.1, 0.15) is 5.75 Å². The maximum atomic E-state index is 5.84. The smallest absolute Gasteiger partial charge is 0.123 e. The van der Waals surface area contributed by atoms with E-state index in [1.807, 2.05) is 0 Å². The van der Waals surface area contributed by atoms with E-state index in [4.69, 9.17) is 10.5 Å². The lowest BCUT2D eigenvalue weighted by Crippen LogP contribution is -2.07. The average Bonchev–Trinajstić information content (AvgIpc) is 2.79. The third-order valence-electron chi connectivity index (χ3n) is 3.41. The number of hydrogen-bond acceptors (Lipinski definition) is 2. The molecule has 0 aliphatic heterocycles. The van der Waals surface area contributed by atoms with Crippen molar-refractivity contribution < 1.29 is 4.74 Å². The molecule has 0 bridgehead atoms. The van der Waals surface area contributed by atoms with Gasteiger partial charge in [0, 0.05) is 12.0 Å². The first-order valence-corrected chi connectivity index (χ1v) is 6.43. The summed E-state index contributed by atoms with van der Waals surface area (Å²) in [6, 6.07) is 14.9. The van der Waals surface area contributed by atoms with Crippen molar-refractivity contribution in [3.63, 3.8) is 0 Å². The van der Waals surface area contributed by atoms with Crippen LogP contribution in [-0.4, -0.2) is 13.2 Å². The van der Waals surface area contributed by atoms with E-state index >= 15 is 0 Å². The molecule has 2 aromatic rings. The normalized spacial score (nSPS) is 12.1. The maximum absolute atomic E-state index is 5.84. The second-order valence-corrected chi connectivity index (χ2v) is 4.61. The molecular weight excluding hydrogens is 222 g/mol. The summed E-state index contributed by atoms with van der Waals surface area (Å²) < 4.78 is 5.84. The van der Waals surface area contributed by atoms with Crippen molar-refractivity contribution in [1.82, 2.24) is 0 Å². The number of fused-ring (bicyclic) bond motifs is 3. The second-order valence-electron chi connectivity index (χ2n) is 4.61. The van der Waals surface area contributed by atoms with Gasteiger partial charge in [0.25, 0.3) is 0 Å². The van der Waals surface area contributed by atoms with Crippen molar-refractivity contribution in [2.75, 3.05) is 13.2 Å². The van der Waals surface area contributed by atoms with Gasteiger partial charge < -0.3 is 10.5 Å². The molecule has 0 atom stereocenters. The summed E-state index contributed by atoms with van der Waals surface area (Å²) in [5.74, 6) is 1.01. The van der Waals surface area contributed by atoms with Gasteiger partial charge in [-0.15, -0.1) is 0 Å². The van der Waals surface area contributed by atoms with Crippen LogP contribution in [0.4, 0.5) is 0 Å². The molecule has 0 unspecified atom stereocenters. The minimum absolute atomic E-state index is 0.676. The first-order valence-electron chi connectivity index (χ1n) is 6.43. The molecule has 2 heteroatoms. The second kappa shape index (κ2) is 4.83. The van der Waals surface area contributed by atoms with Gasteiger partial charge in [-0.2, -0.15) is 0 Å². The molecule has 1 aliphatic carbocycles. The largest absolute Gasteiger partial charge is 0.493 e. The van der Waals surface area contributed by atoms with Gasteiger partial charge in [-0.05, 0) is 35.7 Å². The SMILES string of the molecule is NCCCOc1cccc2c1Cc1ccccc1-2. The summed E-state index contributed by atoms with van der Waals surface area (Å²) in [5, 5.41) is 0. The van der Waals surface area contributed by atoms with E-state index in [9.17, 15) is 0 Å². The van der Waals surface area contributed by atoms with E-state index in [-0.39, 0.29) is 0 Å². The van der Waals surface area contributed by atoms with Crippen molar-refractivity contribution in [2.45, 2.75) is 12.8 Å². The zero-order valence-corrected chi connectivity index (χ0v) is 10.4. The third kappa shape index (κ3) is 1.89. The highest BCUT2D eigenvalue weighted by Crippen LogP contribution is 2.40. The van der Waals surface area contributed by atoms with E-state index in [2.05, 4.69) is 42.5 Å². The van der Waals surface area contributed by atoms with Crippen molar-refractivity contribution >= 4 is 0 Å². The third-order valence-corrected chi connectivity index (χ3v) is 3.41. The highest BCUT2D eigenvalue weighted by Gasteiger charge is 2.20. The summed E-state index contributed by atoms with van der Waals surface area (Å²) >= 11 is 0. The lowest BCUT2D eigenvalue weighted by atomic mass is 10.1. The molecule has 0 amide bonds. The number of nitrogens with two attached hydrogens (primary N) is 1. The molecule has 0 heterocycles. The fourth-order valence-corrected chi connectivity index (χ4v) is 2.53. The summed E-state index contributed by atoms with van der Waals surface area (Å²) in [6.07, 6.45) is 1.88. The topological polar surface area (TPSA) is 35.2 Å². The van der Waals surface area contributed by atoms with Crippen LogP contribution in [0.25, 0.3) is 11.1 Å². The monoisotopic (exact) mass is 239 g/mol. The van der Waals surface area contributed by atoms with Crippen LogP contribution in [0.5, 0.6) is 5.75 Å². The van der Waals surface area contributed by atoms with Crippen molar-refractivity contribution in [3.05, 3.63) is 53.6 Å². The van der Waals surface area contributed by atoms with Crippen LogP contribution in [-0.2, 0) is 6.42 Å². The zero-order chi connectivity index (χ0) is 12.4. The van der Waals surface area contributed by atoms with E-state index in [1.165, 1.54) is 22.3 Å². The molecule has 0 aromatic heterocycles. The van der Waals surface area contributed by atoms with Gasteiger partial charge in [0.15, 0.2) is 0 Å². The van der Waals surface area contributed by atoms with Crippen LogP contribution in [0.15, 0.2) is 42.5 Å². The Labute approximate surface area is 107 Å². The number of ether oxygens (including phenoxy) is 1. The van der Waals surface area contributed by atoms with E-state index in [0.717, 1.165) is 18.6 Å². The molecule has 3 rings (SSSR count). The molecule has 0 spiro atoms. The molecular formula is C16H17NO. The maximum Gasteiger partial charge on any atom is 0.123 e. The summed E-state index contributed by atoms with van der Waals surface area (Å²) in [4.78, 5) is 0. The van der Waals surface area contributed by atoms with E-state index < -0.39 is 0 Å². The number of rotatable bonds is 4. The van der Waals surface area contributed by atoms with E-state index in [0.29, 0.717) is 13.2 Å². The Balaban J connectivity index is 1.93. The molecule has 1 aliphatic rings. The van der Waals surface area contributed by atoms with Gasteiger partial charge in [0.05, 0.1) is 6.61 Å². The fraction of sp³-hybridized carbons (Fsp3) is 0.250. The van der Waals surface area contributed by atoms with Gasteiger partial charge in [-0.1, -0.05) is 36.4 Å². The summed E-state index contributed by atoms with van der Waals surface area (Å²) in [5.41, 5.74) is 10.9. The Bertz CT molecular complexity index is 563. The fourth-order valence-electron chi connectivity index (χ4n) is 2.53. The van der Waals surface area contributed by atoms with Crippen LogP contribution in [0.1, 0.15) is 17.5 Å². The predicted molar refractivity (Wildman–Crippen MR) is 73.9 cm³/mol. The molecule has 2 nitrogen and oxygen atoms in total. The molecule has 92 valence electrons. The molecule has 0 saturated carbocycles. The minimum Gasteiger partial charge on any atom is -0.493 e. The van der Waals surface area contributed by atoms with Crippen LogP contribution in [0, 0.1) is 0 Å². The zero-order valence-electron chi connectivity index (χ0n) is 10.4. The standard InChI is InChI=1S/C16H17NO/c17-9-4-10-18-16-8-3-7-14-13-6-2-1-5-12(13)11-15(14)16/h1-3,5-8H,4,9-11,17H2. The molecule has 2 N–H and O–H groups in total. The summed E-state index contributed by atoms with van der Waals surface area (Å²) in [6.45, 7) is 1.37. The van der Waals surface area contributed by atoms with Gasteiger partial charge >= 0.3 is 0 Å². The van der Waals surface area contributed by atoms with Gasteiger partial charge in [-0.3, -0.25) is 0 Å². The Morgan fingerprint density at radius 2 is 1.83 bits per heavy atom. The molecule has 0 fully saturated rings. The molecule has 0 radical (unpaired) electrons. The summed E-state index contributed by atoms with van der Waals surface area (Å²) in [7, 11) is 0. The number of hydrogen-bond donors (Lipinski definition) is 1. The lowest BCUT2D eigenvalue weighted by Gasteiger charge is -2.10. The Kier molecular flexibility index (Phi) is 3.03. The average molecular weight is 239 g/mol. The van der Waals surface area contributed by atoms with Crippen LogP contribution < -0.4 is 10.5 Å².